The molecule has 2 aromatic rings. The Balaban J connectivity index is 2.02. The number of hydrogen-bond donors (Lipinski definition) is 1. The molecule has 1 N–H and O–H groups in total. The summed E-state index contributed by atoms with van der Waals surface area (Å²) in [6.07, 6.45) is 5.41. The van der Waals surface area contributed by atoms with Crippen LogP contribution in [-0.2, 0) is 13.6 Å². The van der Waals surface area contributed by atoms with Gasteiger partial charge >= 0.3 is 0 Å². The summed E-state index contributed by atoms with van der Waals surface area (Å²) in [6, 6.07) is 0. The van der Waals surface area contributed by atoms with Crippen molar-refractivity contribution in [2.75, 3.05) is 5.32 Å². The van der Waals surface area contributed by atoms with Gasteiger partial charge in [-0.05, 0) is 22.9 Å². The molecule has 0 spiro atoms. The van der Waals surface area contributed by atoms with Gasteiger partial charge in [0.05, 0.1) is 10.2 Å². The summed E-state index contributed by atoms with van der Waals surface area (Å²) in [5.41, 5.74) is 2.17. The van der Waals surface area contributed by atoms with Crippen LogP contribution in [0.4, 0.5) is 5.95 Å². The molecule has 84 valence electrons. The maximum atomic E-state index is 4.27. The molecule has 0 saturated heterocycles. The number of aryl methyl sites for hydroxylation is 2. The van der Waals surface area contributed by atoms with Crippen molar-refractivity contribution in [2.24, 2.45) is 7.05 Å². The summed E-state index contributed by atoms with van der Waals surface area (Å²) >= 11 is 3.29. The van der Waals surface area contributed by atoms with Crippen LogP contribution in [0.15, 0.2) is 23.1 Å². The minimum atomic E-state index is 0.617. The Hall–Kier alpha value is -1.43. The zero-order valence-corrected chi connectivity index (χ0v) is 10.7. The maximum Gasteiger partial charge on any atom is 0.222 e. The molecule has 0 atom stereocenters. The van der Waals surface area contributed by atoms with Crippen molar-refractivity contribution >= 4 is 21.9 Å². The van der Waals surface area contributed by atoms with Crippen LogP contribution in [0.25, 0.3) is 0 Å². The zero-order chi connectivity index (χ0) is 11.5. The molecular weight excluding hydrogens is 270 g/mol. The van der Waals surface area contributed by atoms with Gasteiger partial charge in [0.25, 0.3) is 0 Å². The largest absolute Gasteiger partial charge is 0.350 e. The first-order chi connectivity index (χ1) is 7.65. The number of halogens is 1. The lowest BCUT2D eigenvalue weighted by molar-refractivity contribution is 0.756. The van der Waals surface area contributed by atoms with Crippen LogP contribution in [0.5, 0.6) is 0 Å². The minimum Gasteiger partial charge on any atom is -0.350 e. The van der Waals surface area contributed by atoms with Crippen molar-refractivity contribution in [3.05, 3.63) is 34.3 Å². The van der Waals surface area contributed by atoms with Crippen LogP contribution < -0.4 is 5.32 Å². The van der Waals surface area contributed by atoms with Crippen LogP contribution >= 0.6 is 15.9 Å². The monoisotopic (exact) mass is 281 g/mol. The summed E-state index contributed by atoms with van der Waals surface area (Å²) in [6.45, 7) is 2.67. The highest BCUT2D eigenvalue weighted by molar-refractivity contribution is 9.10. The third-order valence-corrected chi connectivity index (χ3v) is 2.58. The van der Waals surface area contributed by atoms with Gasteiger partial charge in [0, 0.05) is 37.7 Å². The van der Waals surface area contributed by atoms with Gasteiger partial charge in [-0.2, -0.15) is 5.10 Å². The average Bonchev–Trinajstić information content (AvgIpc) is 2.57. The second-order valence-corrected chi connectivity index (χ2v) is 4.41. The van der Waals surface area contributed by atoms with Gasteiger partial charge in [0.15, 0.2) is 0 Å². The standard InChI is InChI=1S/C10H12BrN5/c1-7-8(6-16(2)15-7)3-12-10-13-4-9(11)5-14-10/h4-6H,3H2,1-2H3,(H,12,13,14). The average molecular weight is 282 g/mol. The molecule has 0 aromatic carbocycles. The van der Waals surface area contributed by atoms with E-state index in [2.05, 4.69) is 36.3 Å². The topological polar surface area (TPSA) is 55.6 Å². The molecule has 0 aliphatic carbocycles. The van der Waals surface area contributed by atoms with Gasteiger partial charge in [-0.25, -0.2) is 9.97 Å². The quantitative estimate of drug-likeness (QED) is 0.934. The number of nitrogens with one attached hydrogen (secondary N) is 1. The van der Waals surface area contributed by atoms with E-state index in [-0.39, 0.29) is 0 Å². The Bertz CT molecular complexity index is 476. The van der Waals surface area contributed by atoms with Gasteiger partial charge in [-0.1, -0.05) is 0 Å². The van der Waals surface area contributed by atoms with Gasteiger partial charge in [0.1, 0.15) is 0 Å². The molecule has 2 heterocycles. The van der Waals surface area contributed by atoms with Gasteiger partial charge in [-0.15, -0.1) is 0 Å². The second-order valence-electron chi connectivity index (χ2n) is 3.49. The first-order valence-electron chi connectivity index (χ1n) is 4.85. The number of rotatable bonds is 3. The van der Waals surface area contributed by atoms with E-state index in [4.69, 9.17) is 0 Å². The van der Waals surface area contributed by atoms with Gasteiger partial charge in [-0.3, -0.25) is 4.68 Å². The van der Waals surface area contributed by atoms with Crippen molar-refractivity contribution < 1.29 is 0 Å². The highest BCUT2D eigenvalue weighted by Gasteiger charge is 2.03. The van der Waals surface area contributed by atoms with Crippen molar-refractivity contribution in [1.29, 1.82) is 0 Å². The molecule has 6 heteroatoms. The SMILES string of the molecule is Cc1nn(C)cc1CNc1ncc(Br)cn1. The van der Waals surface area contributed by atoms with Crippen molar-refractivity contribution in [3.63, 3.8) is 0 Å². The van der Waals surface area contributed by atoms with Crippen LogP contribution in [0.3, 0.4) is 0 Å². The number of nitrogens with zero attached hydrogens (tertiary/aromatic N) is 4. The Labute approximate surface area is 102 Å². The van der Waals surface area contributed by atoms with E-state index in [0.29, 0.717) is 12.5 Å². The molecule has 5 nitrogen and oxygen atoms in total. The molecule has 2 rings (SSSR count). The highest BCUT2D eigenvalue weighted by atomic mass is 79.9. The molecule has 0 bridgehead atoms. The zero-order valence-electron chi connectivity index (χ0n) is 9.11. The fourth-order valence-corrected chi connectivity index (χ4v) is 1.60. The molecule has 0 amide bonds. The van der Waals surface area contributed by atoms with Crippen LogP contribution in [0.1, 0.15) is 11.3 Å². The molecule has 0 radical (unpaired) electrons. The lowest BCUT2D eigenvalue weighted by atomic mass is 10.3. The predicted octanol–water partition coefficient (Wildman–Crippen LogP) is 1.89. The second kappa shape index (κ2) is 4.61. The van der Waals surface area contributed by atoms with E-state index in [1.165, 1.54) is 0 Å². The Morgan fingerprint density at radius 1 is 1.38 bits per heavy atom. The number of aromatic nitrogens is 4. The molecular formula is C10H12BrN5. The maximum absolute atomic E-state index is 4.27. The molecule has 0 fully saturated rings. The molecule has 0 unspecified atom stereocenters. The van der Waals surface area contributed by atoms with E-state index in [9.17, 15) is 0 Å². The fourth-order valence-electron chi connectivity index (χ4n) is 1.40. The van der Waals surface area contributed by atoms with Crippen molar-refractivity contribution in [2.45, 2.75) is 13.5 Å². The Kier molecular flexibility index (Phi) is 3.19. The van der Waals surface area contributed by atoms with E-state index in [0.717, 1.165) is 15.7 Å². The summed E-state index contributed by atoms with van der Waals surface area (Å²) in [5.74, 6) is 0.617. The molecule has 2 aromatic heterocycles. The van der Waals surface area contributed by atoms with Crippen LogP contribution in [0.2, 0.25) is 0 Å². The van der Waals surface area contributed by atoms with E-state index < -0.39 is 0 Å². The third-order valence-electron chi connectivity index (χ3n) is 2.17. The first-order valence-corrected chi connectivity index (χ1v) is 5.65. The summed E-state index contributed by atoms with van der Waals surface area (Å²) in [4.78, 5) is 8.27. The minimum absolute atomic E-state index is 0.617. The van der Waals surface area contributed by atoms with E-state index >= 15 is 0 Å². The Morgan fingerprint density at radius 3 is 2.62 bits per heavy atom. The third kappa shape index (κ3) is 2.57. The van der Waals surface area contributed by atoms with E-state index in [1.54, 1.807) is 17.1 Å². The lowest BCUT2D eigenvalue weighted by Gasteiger charge is -2.02. The number of anilines is 1. The van der Waals surface area contributed by atoms with Crippen LogP contribution in [-0.4, -0.2) is 19.7 Å². The first kappa shape index (κ1) is 11.1. The van der Waals surface area contributed by atoms with Gasteiger partial charge in [0.2, 0.25) is 5.95 Å². The van der Waals surface area contributed by atoms with E-state index in [1.807, 2.05) is 20.2 Å². The molecule has 0 aliphatic heterocycles. The molecule has 0 saturated carbocycles. The molecule has 0 aliphatic rings. The van der Waals surface area contributed by atoms with Crippen molar-refractivity contribution in [1.82, 2.24) is 19.7 Å². The lowest BCUT2D eigenvalue weighted by Crippen LogP contribution is -2.03. The van der Waals surface area contributed by atoms with Crippen molar-refractivity contribution in [3.8, 4) is 0 Å². The highest BCUT2D eigenvalue weighted by Crippen LogP contribution is 2.09. The summed E-state index contributed by atoms with van der Waals surface area (Å²) < 4.78 is 2.67. The Morgan fingerprint density at radius 2 is 2.06 bits per heavy atom. The van der Waals surface area contributed by atoms with Gasteiger partial charge < -0.3 is 5.32 Å². The smallest absolute Gasteiger partial charge is 0.222 e. The number of hydrogen-bond acceptors (Lipinski definition) is 4. The summed E-state index contributed by atoms with van der Waals surface area (Å²) in [5, 5.41) is 7.41. The normalized spacial score (nSPS) is 10.4. The predicted molar refractivity (Wildman–Crippen MR) is 65.0 cm³/mol. The molecule has 16 heavy (non-hydrogen) atoms. The van der Waals surface area contributed by atoms with Crippen LogP contribution in [0, 0.1) is 6.92 Å². The fraction of sp³-hybridized carbons (Fsp3) is 0.300. The summed E-state index contributed by atoms with van der Waals surface area (Å²) in [7, 11) is 1.91.